The molecule has 0 spiro atoms. The molecule has 28 heavy (non-hydrogen) atoms. The van der Waals surface area contributed by atoms with Crippen LogP contribution in [0.3, 0.4) is 0 Å². The van der Waals surface area contributed by atoms with E-state index in [1.165, 1.54) is 6.92 Å². The van der Waals surface area contributed by atoms with Crippen molar-refractivity contribution in [2.24, 2.45) is 0 Å². The average molecular weight is 393 g/mol. The lowest BCUT2D eigenvalue weighted by Crippen LogP contribution is -2.53. The van der Waals surface area contributed by atoms with E-state index in [9.17, 15) is 23.4 Å². The van der Waals surface area contributed by atoms with Crippen molar-refractivity contribution in [1.82, 2.24) is 10.2 Å². The van der Waals surface area contributed by atoms with Gasteiger partial charge in [0.2, 0.25) is 0 Å². The number of aromatic hydroxyl groups is 1. The molecular formula is C20H22F3N3O2. The summed E-state index contributed by atoms with van der Waals surface area (Å²) in [6.07, 6.45) is -3.19. The van der Waals surface area contributed by atoms with Gasteiger partial charge in [-0.1, -0.05) is 6.92 Å². The average Bonchev–Trinajstić information content (AvgIpc) is 2.87. The number of hydrogen-bond donors (Lipinski definition) is 2. The summed E-state index contributed by atoms with van der Waals surface area (Å²) in [5.41, 5.74) is 0.330. The van der Waals surface area contributed by atoms with Crippen LogP contribution in [0.15, 0.2) is 18.2 Å². The Kier molecular flexibility index (Phi) is 4.12. The van der Waals surface area contributed by atoms with Crippen LogP contribution in [-0.4, -0.2) is 38.6 Å². The Balaban J connectivity index is 1.70. The van der Waals surface area contributed by atoms with Crippen molar-refractivity contribution >= 4 is 5.82 Å². The van der Waals surface area contributed by atoms with Crippen molar-refractivity contribution in [2.45, 2.75) is 57.3 Å². The summed E-state index contributed by atoms with van der Waals surface area (Å²) in [5.74, 6) is 0.464. The van der Waals surface area contributed by atoms with Gasteiger partial charge in [0.15, 0.2) is 5.82 Å². The quantitative estimate of drug-likeness (QED) is 0.807. The van der Waals surface area contributed by atoms with E-state index in [4.69, 9.17) is 0 Å². The Morgan fingerprint density at radius 1 is 1.18 bits per heavy atom. The van der Waals surface area contributed by atoms with Gasteiger partial charge in [0.1, 0.15) is 5.75 Å². The van der Waals surface area contributed by atoms with Gasteiger partial charge in [-0.15, -0.1) is 10.2 Å². The Bertz CT molecular complexity index is 912. The van der Waals surface area contributed by atoms with Crippen LogP contribution in [0.5, 0.6) is 5.75 Å². The molecule has 5 nitrogen and oxygen atoms in total. The molecule has 8 heteroatoms. The van der Waals surface area contributed by atoms with E-state index in [2.05, 4.69) is 22.0 Å². The van der Waals surface area contributed by atoms with E-state index >= 15 is 0 Å². The van der Waals surface area contributed by atoms with E-state index in [0.717, 1.165) is 30.1 Å². The van der Waals surface area contributed by atoms with Gasteiger partial charge in [0.05, 0.1) is 16.9 Å². The molecule has 0 bridgehead atoms. The normalized spacial score (nSPS) is 26.9. The van der Waals surface area contributed by atoms with Crippen molar-refractivity contribution in [3.8, 4) is 17.0 Å². The van der Waals surface area contributed by atoms with Gasteiger partial charge in [-0.05, 0) is 50.5 Å². The second-order valence-corrected chi connectivity index (χ2v) is 8.31. The number of aromatic nitrogens is 2. The first-order valence-electron chi connectivity index (χ1n) is 9.24. The molecule has 2 N–H and O–H groups in total. The molecule has 2 heterocycles. The maximum atomic E-state index is 13.0. The number of aliphatic hydroxyl groups is 1. The van der Waals surface area contributed by atoms with Gasteiger partial charge in [-0.3, -0.25) is 0 Å². The standard InChI is InChI=1S/C20H22F3N3O2/c1-10-4-12(20(21,22)23)5-16(27)17(10)15-6-14-11(2)9-26(18(14)25-24-15)13-7-19(3,28)8-13/h4-6,11,13,27-28H,7-9H2,1-3H3. The highest BCUT2D eigenvalue weighted by Gasteiger charge is 2.45. The minimum absolute atomic E-state index is 0.173. The van der Waals surface area contributed by atoms with Gasteiger partial charge < -0.3 is 15.1 Å². The van der Waals surface area contributed by atoms with E-state index in [1.807, 2.05) is 6.92 Å². The summed E-state index contributed by atoms with van der Waals surface area (Å²) in [4.78, 5) is 2.15. The van der Waals surface area contributed by atoms with Crippen molar-refractivity contribution in [3.05, 3.63) is 34.9 Å². The van der Waals surface area contributed by atoms with Crippen molar-refractivity contribution < 1.29 is 23.4 Å². The largest absolute Gasteiger partial charge is 0.507 e. The van der Waals surface area contributed by atoms with Crippen LogP contribution in [0.2, 0.25) is 0 Å². The highest BCUT2D eigenvalue weighted by atomic mass is 19.4. The molecule has 4 rings (SSSR count). The SMILES string of the molecule is Cc1cc(C(F)(F)F)cc(O)c1-c1cc2c(nn1)N(C1CC(C)(O)C1)CC2C. The van der Waals surface area contributed by atoms with Crippen LogP contribution in [0, 0.1) is 6.92 Å². The Morgan fingerprint density at radius 3 is 2.43 bits per heavy atom. The predicted octanol–water partition coefficient (Wildman–Crippen LogP) is 4.01. The summed E-state index contributed by atoms with van der Waals surface area (Å²) >= 11 is 0. The van der Waals surface area contributed by atoms with Crippen molar-refractivity contribution in [2.75, 3.05) is 11.4 Å². The first-order chi connectivity index (χ1) is 13.0. The molecule has 0 amide bonds. The fourth-order valence-corrected chi connectivity index (χ4v) is 4.35. The van der Waals surface area contributed by atoms with Gasteiger partial charge in [-0.2, -0.15) is 13.2 Å². The number of phenolic OH excluding ortho intramolecular Hbond substituents is 1. The highest BCUT2D eigenvalue weighted by molar-refractivity contribution is 5.73. The molecule has 0 radical (unpaired) electrons. The van der Waals surface area contributed by atoms with Crippen LogP contribution < -0.4 is 4.90 Å². The number of alkyl halides is 3. The third-order valence-corrected chi connectivity index (χ3v) is 5.77. The summed E-state index contributed by atoms with van der Waals surface area (Å²) in [6, 6.07) is 3.75. The van der Waals surface area contributed by atoms with E-state index < -0.39 is 23.1 Å². The minimum atomic E-state index is -4.52. The number of aryl methyl sites for hydroxylation is 1. The van der Waals surface area contributed by atoms with Crippen LogP contribution in [0.4, 0.5) is 19.0 Å². The molecule has 0 saturated heterocycles. The maximum Gasteiger partial charge on any atom is 0.416 e. The number of benzene rings is 1. The lowest BCUT2D eigenvalue weighted by Gasteiger charge is -2.46. The molecule has 2 aromatic rings. The molecule has 1 aliphatic carbocycles. The van der Waals surface area contributed by atoms with Crippen LogP contribution in [0.1, 0.15) is 49.3 Å². The van der Waals surface area contributed by atoms with Crippen molar-refractivity contribution in [1.29, 1.82) is 0 Å². The Hall–Kier alpha value is -2.35. The number of anilines is 1. The van der Waals surface area contributed by atoms with Crippen molar-refractivity contribution in [3.63, 3.8) is 0 Å². The summed E-state index contributed by atoms with van der Waals surface area (Å²) in [5, 5.41) is 28.8. The number of rotatable bonds is 2. The smallest absolute Gasteiger partial charge is 0.416 e. The third kappa shape index (κ3) is 3.09. The minimum Gasteiger partial charge on any atom is -0.507 e. The third-order valence-electron chi connectivity index (χ3n) is 5.77. The molecule has 1 fully saturated rings. The second kappa shape index (κ2) is 6.07. The summed E-state index contributed by atoms with van der Waals surface area (Å²) in [6.45, 7) is 6.15. The molecule has 1 aromatic heterocycles. The number of phenols is 1. The first-order valence-corrected chi connectivity index (χ1v) is 9.24. The number of nitrogens with zero attached hydrogens (tertiary/aromatic N) is 3. The van der Waals surface area contributed by atoms with E-state index in [-0.39, 0.29) is 17.5 Å². The molecule has 1 saturated carbocycles. The van der Waals surface area contributed by atoms with Gasteiger partial charge >= 0.3 is 6.18 Å². The molecule has 1 unspecified atom stereocenters. The van der Waals surface area contributed by atoms with E-state index in [0.29, 0.717) is 24.1 Å². The maximum absolute atomic E-state index is 13.0. The van der Waals surface area contributed by atoms with Crippen LogP contribution >= 0.6 is 0 Å². The van der Waals surface area contributed by atoms with Gasteiger partial charge in [-0.25, -0.2) is 0 Å². The lowest BCUT2D eigenvalue weighted by atomic mass is 9.76. The molecule has 1 atom stereocenters. The Morgan fingerprint density at radius 2 is 1.86 bits per heavy atom. The predicted molar refractivity (Wildman–Crippen MR) is 98.3 cm³/mol. The van der Waals surface area contributed by atoms with Gasteiger partial charge in [0.25, 0.3) is 0 Å². The number of halogens is 3. The molecule has 2 aliphatic rings. The molecular weight excluding hydrogens is 371 g/mol. The zero-order chi connectivity index (χ0) is 20.4. The van der Waals surface area contributed by atoms with Gasteiger partial charge in [0, 0.05) is 29.6 Å². The monoisotopic (exact) mass is 393 g/mol. The molecule has 150 valence electrons. The van der Waals surface area contributed by atoms with Crippen LogP contribution in [-0.2, 0) is 6.18 Å². The Labute approximate surface area is 160 Å². The first kappa shape index (κ1) is 19.0. The fraction of sp³-hybridized carbons (Fsp3) is 0.500. The topological polar surface area (TPSA) is 69.5 Å². The van der Waals surface area contributed by atoms with Crippen LogP contribution in [0.25, 0.3) is 11.3 Å². The number of fused-ring (bicyclic) bond motifs is 1. The zero-order valence-corrected chi connectivity index (χ0v) is 15.9. The zero-order valence-electron chi connectivity index (χ0n) is 15.9. The second-order valence-electron chi connectivity index (χ2n) is 8.31. The van der Waals surface area contributed by atoms with E-state index in [1.54, 1.807) is 6.07 Å². The number of hydrogen-bond acceptors (Lipinski definition) is 5. The summed E-state index contributed by atoms with van der Waals surface area (Å²) in [7, 11) is 0. The fourth-order valence-electron chi connectivity index (χ4n) is 4.35. The molecule has 1 aromatic carbocycles. The molecule has 1 aliphatic heterocycles. The highest BCUT2D eigenvalue weighted by Crippen LogP contribution is 2.45. The summed E-state index contributed by atoms with van der Waals surface area (Å²) < 4.78 is 38.9. The lowest BCUT2D eigenvalue weighted by molar-refractivity contribution is -0.137.